The molecule has 18 heavy (non-hydrogen) atoms. The Morgan fingerprint density at radius 2 is 2.00 bits per heavy atom. The van der Waals surface area contributed by atoms with Crippen molar-refractivity contribution in [2.75, 3.05) is 6.54 Å². The average Bonchev–Trinajstić information content (AvgIpc) is 2.26. The van der Waals surface area contributed by atoms with Gasteiger partial charge in [-0.1, -0.05) is 24.3 Å². The molecular formula is C12H15F3N2O. The summed E-state index contributed by atoms with van der Waals surface area (Å²) in [6, 6.07) is 6.60. The second kappa shape index (κ2) is 5.86. The molecule has 1 amide bonds. The molecule has 1 aromatic carbocycles. The fraction of sp³-hybridized carbons (Fsp3) is 0.417. The predicted molar refractivity (Wildman–Crippen MR) is 61.8 cm³/mol. The largest absolute Gasteiger partial charge is 0.405 e. The van der Waals surface area contributed by atoms with E-state index in [1.165, 1.54) is 0 Å². The van der Waals surface area contributed by atoms with Crippen LogP contribution in [0.2, 0.25) is 0 Å². The Kier molecular flexibility index (Phi) is 4.72. The topological polar surface area (TPSA) is 55.1 Å². The van der Waals surface area contributed by atoms with Gasteiger partial charge in [-0.2, -0.15) is 13.2 Å². The summed E-state index contributed by atoms with van der Waals surface area (Å²) in [7, 11) is 0. The number of hydrogen-bond acceptors (Lipinski definition) is 2. The van der Waals surface area contributed by atoms with Crippen molar-refractivity contribution < 1.29 is 18.0 Å². The van der Waals surface area contributed by atoms with E-state index in [9.17, 15) is 18.0 Å². The smallest absolute Gasteiger partial charge is 0.347 e. The third kappa shape index (κ3) is 4.75. The zero-order chi connectivity index (χ0) is 13.8. The number of benzene rings is 1. The van der Waals surface area contributed by atoms with Crippen LogP contribution in [0.25, 0.3) is 0 Å². The molecule has 3 N–H and O–H groups in total. The first-order chi connectivity index (χ1) is 8.29. The van der Waals surface area contributed by atoms with Crippen molar-refractivity contribution in [3.63, 3.8) is 0 Å². The lowest BCUT2D eigenvalue weighted by Gasteiger charge is -2.15. The Labute approximate surface area is 103 Å². The zero-order valence-electron chi connectivity index (χ0n) is 9.92. The normalized spacial score (nSPS) is 13.2. The highest BCUT2D eigenvalue weighted by Gasteiger charge is 2.28. The monoisotopic (exact) mass is 260 g/mol. The lowest BCUT2D eigenvalue weighted by atomic mass is 9.99. The molecule has 0 fully saturated rings. The summed E-state index contributed by atoms with van der Waals surface area (Å²) < 4.78 is 35.7. The number of halogens is 3. The molecule has 3 nitrogen and oxygen atoms in total. The number of carbonyl (C=O) groups is 1. The highest BCUT2D eigenvalue weighted by Crippen LogP contribution is 2.18. The van der Waals surface area contributed by atoms with Crippen molar-refractivity contribution in [1.82, 2.24) is 5.32 Å². The first-order valence-electron chi connectivity index (χ1n) is 5.44. The highest BCUT2D eigenvalue weighted by molar-refractivity contribution is 5.76. The SMILES string of the molecule is Cc1ccccc1[C@@H](N)CC(=O)NCC(F)(F)F. The van der Waals surface area contributed by atoms with Crippen molar-refractivity contribution in [3.8, 4) is 0 Å². The molecule has 1 rings (SSSR count). The molecule has 0 aliphatic carbocycles. The molecule has 0 spiro atoms. The fourth-order valence-electron chi connectivity index (χ4n) is 1.58. The number of nitrogens with one attached hydrogen (secondary N) is 1. The number of amides is 1. The number of alkyl halides is 3. The summed E-state index contributed by atoms with van der Waals surface area (Å²) in [4.78, 5) is 11.3. The molecule has 0 aliphatic heterocycles. The van der Waals surface area contributed by atoms with Gasteiger partial charge in [0.1, 0.15) is 6.54 Å². The van der Waals surface area contributed by atoms with Gasteiger partial charge in [0, 0.05) is 12.5 Å². The molecule has 6 heteroatoms. The fourth-order valence-corrected chi connectivity index (χ4v) is 1.58. The van der Waals surface area contributed by atoms with E-state index in [1.54, 1.807) is 17.4 Å². The van der Waals surface area contributed by atoms with E-state index in [0.717, 1.165) is 11.1 Å². The molecule has 1 atom stereocenters. The lowest BCUT2D eigenvalue weighted by molar-refractivity contribution is -0.138. The van der Waals surface area contributed by atoms with Crippen molar-refractivity contribution in [1.29, 1.82) is 0 Å². The van der Waals surface area contributed by atoms with Gasteiger partial charge in [-0.3, -0.25) is 4.79 Å². The average molecular weight is 260 g/mol. The van der Waals surface area contributed by atoms with Gasteiger partial charge < -0.3 is 11.1 Å². The minimum Gasteiger partial charge on any atom is -0.347 e. The Balaban J connectivity index is 2.53. The van der Waals surface area contributed by atoms with E-state index in [0.29, 0.717) is 0 Å². The molecular weight excluding hydrogens is 245 g/mol. The van der Waals surface area contributed by atoms with Gasteiger partial charge in [-0.05, 0) is 18.1 Å². The number of hydrogen-bond donors (Lipinski definition) is 2. The maximum Gasteiger partial charge on any atom is 0.405 e. The summed E-state index contributed by atoms with van der Waals surface area (Å²) in [5.41, 5.74) is 7.47. The van der Waals surface area contributed by atoms with E-state index < -0.39 is 24.7 Å². The quantitative estimate of drug-likeness (QED) is 0.870. The van der Waals surface area contributed by atoms with E-state index in [-0.39, 0.29) is 6.42 Å². The Bertz CT molecular complexity index is 418. The summed E-state index contributed by atoms with van der Waals surface area (Å²) in [6.07, 6.45) is -4.57. The van der Waals surface area contributed by atoms with Crippen LogP contribution in [0.15, 0.2) is 24.3 Å². The Morgan fingerprint density at radius 1 is 1.39 bits per heavy atom. The minimum absolute atomic E-state index is 0.166. The molecule has 0 aromatic heterocycles. The van der Waals surface area contributed by atoms with Gasteiger partial charge in [0.15, 0.2) is 0 Å². The van der Waals surface area contributed by atoms with Crippen LogP contribution in [0.3, 0.4) is 0 Å². The minimum atomic E-state index is -4.40. The van der Waals surface area contributed by atoms with Crippen LogP contribution < -0.4 is 11.1 Å². The lowest BCUT2D eigenvalue weighted by Crippen LogP contribution is -2.35. The molecule has 1 aromatic rings. The summed E-state index contributed by atoms with van der Waals surface area (Å²) in [5, 5.41) is 1.80. The van der Waals surface area contributed by atoms with Gasteiger partial charge in [-0.15, -0.1) is 0 Å². The number of nitrogens with two attached hydrogens (primary N) is 1. The Morgan fingerprint density at radius 3 is 2.56 bits per heavy atom. The summed E-state index contributed by atoms with van der Waals surface area (Å²) >= 11 is 0. The maximum atomic E-state index is 11.9. The van der Waals surface area contributed by atoms with Gasteiger partial charge in [0.05, 0.1) is 0 Å². The van der Waals surface area contributed by atoms with Crippen LogP contribution in [0, 0.1) is 6.92 Å². The second-order valence-electron chi connectivity index (χ2n) is 4.06. The third-order valence-corrected chi connectivity index (χ3v) is 2.48. The van der Waals surface area contributed by atoms with Crippen molar-refractivity contribution >= 4 is 5.91 Å². The molecule has 100 valence electrons. The first-order valence-corrected chi connectivity index (χ1v) is 5.44. The maximum absolute atomic E-state index is 11.9. The van der Waals surface area contributed by atoms with Crippen LogP contribution in [0.1, 0.15) is 23.6 Å². The van der Waals surface area contributed by atoms with Crippen LogP contribution in [-0.2, 0) is 4.79 Å². The highest BCUT2D eigenvalue weighted by atomic mass is 19.4. The molecule has 0 unspecified atom stereocenters. The van der Waals surface area contributed by atoms with Gasteiger partial charge in [0.2, 0.25) is 5.91 Å². The molecule has 0 bridgehead atoms. The predicted octanol–water partition coefficient (Wildman–Crippen LogP) is 2.06. The molecule has 0 saturated carbocycles. The standard InChI is InChI=1S/C12H15F3N2O/c1-8-4-2-3-5-9(8)10(16)6-11(18)17-7-12(13,14)15/h2-5,10H,6-7,16H2,1H3,(H,17,18)/t10-/m0/s1. The van der Waals surface area contributed by atoms with Crippen molar-refractivity contribution in [3.05, 3.63) is 35.4 Å². The molecule has 0 aliphatic rings. The van der Waals surface area contributed by atoms with Crippen molar-refractivity contribution in [2.45, 2.75) is 25.6 Å². The van der Waals surface area contributed by atoms with Crippen LogP contribution in [0.5, 0.6) is 0 Å². The van der Waals surface area contributed by atoms with Crippen LogP contribution in [-0.4, -0.2) is 18.6 Å². The Hall–Kier alpha value is -1.56. The molecule has 0 heterocycles. The van der Waals surface area contributed by atoms with E-state index in [4.69, 9.17) is 5.73 Å². The third-order valence-electron chi connectivity index (χ3n) is 2.48. The number of carbonyl (C=O) groups excluding carboxylic acids is 1. The summed E-state index contributed by atoms with van der Waals surface area (Å²) in [6.45, 7) is 0.509. The number of aryl methyl sites for hydroxylation is 1. The van der Waals surface area contributed by atoms with Gasteiger partial charge in [0.25, 0.3) is 0 Å². The first kappa shape index (κ1) is 14.5. The number of rotatable bonds is 4. The van der Waals surface area contributed by atoms with Gasteiger partial charge in [-0.25, -0.2) is 0 Å². The van der Waals surface area contributed by atoms with Crippen molar-refractivity contribution in [2.24, 2.45) is 5.73 Å². The van der Waals surface area contributed by atoms with E-state index in [1.807, 2.05) is 19.1 Å². The molecule has 0 radical (unpaired) electrons. The molecule has 0 saturated heterocycles. The van der Waals surface area contributed by atoms with Crippen LogP contribution in [0.4, 0.5) is 13.2 Å². The second-order valence-corrected chi connectivity index (χ2v) is 4.06. The van der Waals surface area contributed by atoms with E-state index in [2.05, 4.69) is 0 Å². The summed E-state index contributed by atoms with van der Waals surface area (Å²) in [5.74, 6) is -0.705. The zero-order valence-corrected chi connectivity index (χ0v) is 9.92. The van der Waals surface area contributed by atoms with Crippen LogP contribution >= 0.6 is 0 Å². The van der Waals surface area contributed by atoms with E-state index >= 15 is 0 Å². The van der Waals surface area contributed by atoms with Gasteiger partial charge >= 0.3 is 6.18 Å².